The van der Waals surface area contributed by atoms with Crippen molar-refractivity contribution in [3.8, 4) is 5.75 Å². The molecule has 0 radical (unpaired) electrons. The highest BCUT2D eigenvalue weighted by Gasteiger charge is 2.08. The van der Waals surface area contributed by atoms with Crippen LogP contribution in [0.1, 0.15) is 16.7 Å². The number of anilines is 1. The lowest BCUT2D eigenvalue weighted by Crippen LogP contribution is -2.37. The maximum atomic E-state index is 11.9. The Hall–Kier alpha value is -1.92. The standard InChI is InChI=1S/C18H19BrN2O2S/c1-11-4-6-15(9-12(11)2)20-18(24)21-17(22)10-23-16-7-5-14(19)8-13(16)3/h4-9H,10H2,1-3H3,(H2,20,21,22,24). The van der Waals surface area contributed by atoms with Crippen molar-refractivity contribution >= 4 is 44.9 Å². The number of ether oxygens (including phenoxy) is 1. The average molecular weight is 407 g/mol. The molecule has 1 amide bonds. The number of rotatable bonds is 4. The zero-order valence-corrected chi connectivity index (χ0v) is 16.2. The van der Waals surface area contributed by atoms with Crippen molar-refractivity contribution < 1.29 is 9.53 Å². The Morgan fingerprint density at radius 2 is 1.83 bits per heavy atom. The second-order valence-electron chi connectivity index (χ2n) is 5.50. The number of hydrogen-bond donors (Lipinski definition) is 2. The SMILES string of the molecule is Cc1ccc(NC(=S)NC(=O)COc2ccc(Br)cc2C)cc1C. The molecule has 0 aromatic heterocycles. The molecule has 0 saturated heterocycles. The first-order chi connectivity index (χ1) is 11.3. The van der Waals surface area contributed by atoms with Gasteiger partial charge in [0.05, 0.1) is 0 Å². The first-order valence-corrected chi connectivity index (χ1v) is 8.62. The molecule has 0 atom stereocenters. The van der Waals surface area contributed by atoms with Crippen molar-refractivity contribution in [1.82, 2.24) is 5.32 Å². The lowest BCUT2D eigenvalue weighted by Gasteiger charge is -2.12. The van der Waals surface area contributed by atoms with Gasteiger partial charge in [-0.2, -0.15) is 0 Å². The topological polar surface area (TPSA) is 50.4 Å². The lowest BCUT2D eigenvalue weighted by molar-refractivity contribution is -0.121. The van der Waals surface area contributed by atoms with Crippen LogP contribution in [0.3, 0.4) is 0 Å². The first kappa shape index (κ1) is 18.4. The smallest absolute Gasteiger partial charge is 0.264 e. The van der Waals surface area contributed by atoms with Crippen molar-refractivity contribution in [3.63, 3.8) is 0 Å². The van der Waals surface area contributed by atoms with Gasteiger partial charge in [-0.05, 0) is 80.0 Å². The minimum absolute atomic E-state index is 0.1000. The maximum Gasteiger partial charge on any atom is 0.264 e. The molecule has 0 aliphatic heterocycles. The van der Waals surface area contributed by atoms with E-state index in [1.165, 1.54) is 5.56 Å². The summed E-state index contributed by atoms with van der Waals surface area (Å²) in [5, 5.41) is 5.86. The summed E-state index contributed by atoms with van der Waals surface area (Å²) >= 11 is 8.55. The summed E-state index contributed by atoms with van der Waals surface area (Å²) in [6.45, 7) is 5.89. The van der Waals surface area contributed by atoms with Gasteiger partial charge >= 0.3 is 0 Å². The van der Waals surface area contributed by atoms with Crippen LogP contribution in [-0.2, 0) is 4.79 Å². The Morgan fingerprint density at radius 1 is 1.08 bits per heavy atom. The van der Waals surface area contributed by atoms with Gasteiger partial charge in [0.2, 0.25) is 0 Å². The fourth-order valence-electron chi connectivity index (χ4n) is 2.06. The third-order valence-corrected chi connectivity index (χ3v) is 4.21. The summed E-state index contributed by atoms with van der Waals surface area (Å²) in [5.41, 5.74) is 4.15. The van der Waals surface area contributed by atoms with Gasteiger partial charge in [0.15, 0.2) is 11.7 Å². The fourth-order valence-corrected chi connectivity index (χ4v) is 2.77. The predicted molar refractivity (Wildman–Crippen MR) is 105 cm³/mol. The van der Waals surface area contributed by atoms with E-state index in [2.05, 4.69) is 26.6 Å². The third kappa shape index (κ3) is 5.32. The van der Waals surface area contributed by atoms with Crippen LogP contribution in [0.5, 0.6) is 5.75 Å². The van der Waals surface area contributed by atoms with Gasteiger partial charge in [-0.1, -0.05) is 22.0 Å². The number of thiocarbonyl (C=S) groups is 1. The number of aryl methyl sites for hydroxylation is 3. The van der Waals surface area contributed by atoms with Gasteiger partial charge in [-0.15, -0.1) is 0 Å². The Kier molecular flexibility index (Phi) is 6.34. The zero-order valence-electron chi connectivity index (χ0n) is 13.8. The highest BCUT2D eigenvalue weighted by molar-refractivity contribution is 9.10. The Bertz CT molecular complexity index is 778. The number of amides is 1. The molecule has 2 rings (SSSR count). The van der Waals surface area contributed by atoms with Gasteiger partial charge < -0.3 is 10.1 Å². The van der Waals surface area contributed by atoms with Crippen molar-refractivity contribution in [1.29, 1.82) is 0 Å². The number of carbonyl (C=O) groups is 1. The van der Waals surface area contributed by atoms with Gasteiger partial charge in [-0.25, -0.2) is 0 Å². The summed E-state index contributed by atoms with van der Waals surface area (Å²) in [6, 6.07) is 11.5. The second-order valence-corrected chi connectivity index (χ2v) is 6.82. The van der Waals surface area contributed by atoms with E-state index in [4.69, 9.17) is 17.0 Å². The van der Waals surface area contributed by atoms with Crippen LogP contribution in [0.2, 0.25) is 0 Å². The van der Waals surface area contributed by atoms with Gasteiger partial charge in [0, 0.05) is 10.2 Å². The van der Waals surface area contributed by atoms with Crippen LogP contribution in [0.15, 0.2) is 40.9 Å². The summed E-state index contributed by atoms with van der Waals surface area (Å²) in [5.74, 6) is 0.361. The average Bonchev–Trinajstić information content (AvgIpc) is 2.50. The van der Waals surface area contributed by atoms with Crippen LogP contribution < -0.4 is 15.4 Å². The highest BCUT2D eigenvalue weighted by Crippen LogP contribution is 2.22. The fraction of sp³-hybridized carbons (Fsp3) is 0.222. The molecule has 0 bridgehead atoms. The van der Waals surface area contributed by atoms with E-state index in [-0.39, 0.29) is 17.6 Å². The molecule has 0 unspecified atom stereocenters. The van der Waals surface area contributed by atoms with E-state index in [0.29, 0.717) is 5.75 Å². The Morgan fingerprint density at radius 3 is 2.50 bits per heavy atom. The molecule has 6 heteroatoms. The predicted octanol–water partition coefficient (Wildman–Crippen LogP) is 4.27. The van der Waals surface area contributed by atoms with Crippen LogP contribution in [-0.4, -0.2) is 17.6 Å². The van der Waals surface area contributed by atoms with E-state index in [1.54, 1.807) is 0 Å². The summed E-state index contributed by atoms with van der Waals surface area (Å²) in [4.78, 5) is 11.9. The van der Waals surface area contributed by atoms with E-state index >= 15 is 0 Å². The third-order valence-electron chi connectivity index (χ3n) is 3.51. The molecule has 0 aliphatic rings. The molecular weight excluding hydrogens is 388 g/mol. The van der Waals surface area contributed by atoms with E-state index in [1.807, 2.05) is 57.2 Å². The van der Waals surface area contributed by atoms with Crippen LogP contribution in [0, 0.1) is 20.8 Å². The number of benzene rings is 2. The Labute approximate surface area is 155 Å². The van der Waals surface area contributed by atoms with Crippen molar-refractivity contribution in [2.24, 2.45) is 0 Å². The molecule has 2 aromatic carbocycles. The molecular formula is C18H19BrN2O2S. The zero-order chi connectivity index (χ0) is 17.7. The van der Waals surface area contributed by atoms with Crippen molar-refractivity contribution in [3.05, 3.63) is 57.6 Å². The largest absolute Gasteiger partial charge is 0.483 e. The lowest BCUT2D eigenvalue weighted by atomic mass is 10.1. The van der Waals surface area contributed by atoms with Crippen LogP contribution in [0.25, 0.3) is 0 Å². The molecule has 2 N–H and O–H groups in total. The van der Waals surface area contributed by atoms with Gasteiger partial charge in [0.25, 0.3) is 5.91 Å². The van der Waals surface area contributed by atoms with Crippen molar-refractivity contribution in [2.75, 3.05) is 11.9 Å². The Balaban J connectivity index is 1.85. The number of nitrogens with one attached hydrogen (secondary N) is 2. The van der Waals surface area contributed by atoms with Crippen LogP contribution >= 0.6 is 28.1 Å². The molecule has 0 saturated carbocycles. The summed E-state index contributed by atoms with van der Waals surface area (Å²) in [7, 11) is 0. The number of carbonyl (C=O) groups excluding carboxylic acids is 1. The van der Waals surface area contributed by atoms with Gasteiger partial charge in [0.1, 0.15) is 5.75 Å². The van der Waals surface area contributed by atoms with Gasteiger partial charge in [-0.3, -0.25) is 10.1 Å². The quantitative estimate of drug-likeness (QED) is 0.744. The first-order valence-electron chi connectivity index (χ1n) is 7.42. The molecule has 2 aromatic rings. The summed E-state index contributed by atoms with van der Waals surface area (Å²) < 4.78 is 6.49. The minimum Gasteiger partial charge on any atom is -0.483 e. The molecule has 0 fully saturated rings. The normalized spacial score (nSPS) is 10.2. The highest BCUT2D eigenvalue weighted by atomic mass is 79.9. The molecule has 0 heterocycles. The minimum atomic E-state index is -0.307. The second kappa shape index (κ2) is 8.26. The molecule has 0 aliphatic carbocycles. The molecule has 0 spiro atoms. The van der Waals surface area contributed by atoms with E-state index in [9.17, 15) is 4.79 Å². The van der Waals surface area contributed by atoms with Crippen LogP contribution in [0.4, 0.5) is 5.69 Å². The summed E-state index contributed by atoms with van der Waals surface area (Å²) in [6.07, 6.45) is 0. The van der Waals surface area contributed by atoms with Crippen molar-refractivity contribution in [2.45, 2.75) is 20.8 Å². The number of hydrogen-bond acceptors (Lipinski definition) is 3. The monoisotopic (exact) mass is 406 g/mol. The molecule has 4 nitrogen and oxygen atoms in total. The van der Waals surface area contributed by atoms with E-state index in [0.717, 1.165) is 21.3 Å². The van der Waals surface area contributed by atoms with E-state index < -0.39 is 0 Å². The number of halogens is 1. The molecule has 24 heavy (non-hydrogen) atoms. The maximum absolute atomic E-state index is 11.9. The molecule has 126 valence electrons.